The number of nitrogens with zero attached hydrogens (tertiary/aromatic N) is 1. The molecule has 3 aromatic rings. The normalized spacial score (nSPS) is 15.6. The molecule has 0 bridgehead atoms. The molecule has 0 fully saturated rings. The highest BCUT2D eigenvalue weighted by molar-refractivity contribution is 5.94. The lowest BCUT2D eigenvalue weighted by molar-refractivity contribution is -0.121. The average Bonchev–Trinajstić information content (AvgIpc) is 3.23. The van der Waals surface area contributed by atoms with Crippen LogP contribution in [-0.4, -0.2) is 29.8 Å². The number of anilines is 1. The molecule has 1 aromatic heterocycles. The minimum absolute atomic E-state index is 0.0722. The standard InChI is InChI=1S/C20H18FN3O3/c1-26-19-8-17(16(21)7-15(19)14-9-22-23-10-14)24-20(25)13-6-12-4-2-3-5-18(12)27-11-13/h2-5,7-10,13H,6,11H2,1H3,(H,22,23)(H,24,25). The maximum absolute atomic E-state index is 14.6. The average molecular weight is 367 g/mol. The summed E-state index contributed by atoms with van der Waals surface area (Å²) in [6.07, 6.45) is 3.77. The maximum atomic E-state index is 14.6. The van der Waals surface area contributed by atoms with Crippen LogP contribution in [0.1, 0.15) is 5.56 Å². The molecule has 1 aliphatic heterocycles. The molecule has 4 rings (SSSR count). The van der Waals surface area contributed by atoms with Crippen LogP contribution in [0.4, 0.5) is 10.1 Å². The third kappa shape index (κ3) is 3.36. The van der Waals surface area contributed by atoms with E-state index in [1.54, 1.807) is 12.4 Å². The van der Waals surface area contributed by atoms with E-state index >= 15 is 0 Å². The number of hydrogen-bond donors (Lipinski definition) is 2. The summed E-state index contributed by atoms with van der Waals surface area (Å²) >= 11 is 0. The Bertz CT molecular complexity index is 973. The second-order valence-electron chi connectivity index (χ2n) is 6.33. The van der Waals surface area contributed by atoms with E-state index in [9.17, 15) is 9.18 Å². The third-order valence-electron chi connectivity index (χ3n) is 4.61. The summed E-state index contributed by atoms with van der Waals surface area (Å²) in [5.41, 5.74) is 2.29. The zero-order chi connectivity index (χ0) is 18.8. The maximum Gasteiger partial charge on any atom is 0.231 e. The monoisotopic (exact) mass is 367 g/mol. The van der Waals surface area contributed by atoms with Gasteiger partial charge in [0.2, 0.25) is 5.91 Å². The van der Waals surface area contributed by atoms with Gasteiger partial charge in [0.05, 0.1) is 24.9 Å². The highest BCUT2D eigenvalue weighted by Crippen LogP contribution is 2.34. The first kappa shape index (κ1) is 17.1. The summed E-state index contributed by atoms with van der Waals surface area (Å²) in [5.74, 6) is 0.00930. The molecule has 138 valence electrons. The number of methoxy groups -OCH3 is 1. The Balaban J connectivity index is 1.55. The zero-order valence-electron chi connectivity index (χ0n) is 14.7. The molecular weight excluding hydrogens is 349 g/mol. The molecule has 1 atom stereocenters. The van der Waals surface area contributed by atoms with Gasteiger partial charge >= 0.3 is 0 Å². The lowest BCUT2D eigenvalue weighted by atomic mass is 9.96. The van der Waals surface area contributed by atoms with Crippen LogP contribution in [0.3, 0.4) is 0 Å². The number of ether oxygens (including phenoxy) is 2. The van der Waals surface area contributed by atoms with Crippen molar-refractivity contribution in [3.05, 3.63) is 60.2 Å². The van der Waals surface area contributed by atoms with Crippen LogP contribution in [0, 0.1) is 11.7 Å². The Labute approximate surface area is 155 Å². The van der Waals surface area contributed by atoms with E-state index in [1.807, 2.05) is 24.3 Å². The molecule has 6 nitrogen and oxygen atoms in total. The van der Waals surface area contributed by atoms with E-state index in [-0.39, 0.29) is 24.1 Å². The molecule has 2 aromatic carbocycles. The number of benzene rings is 2. The van der Waals surface area contributed by atoms with Gasteiger partial charge in [0, 0.05) is 23.4 Å². The number of carbonyl (C=O) groups excluding carboxylic acids is 1. The van der Waals surface area contributed by atoms with E-state index in [0.29, 0.717) is 23.3 Å². The summed E-state index contributed by atoms with van der Waals surface area (Å²) in [5, 5.41) is 9.21. The molecule has 0 spiro atoms. The van der Waals surface area contributed by atoms with E-state index in [1.165, 1.54) is 19.2 Å². The molecule has 0 radical (unpaired) electrons. The molecule has 1 aliphatic rings. The van der Waals surface area contributed by atoms with Crippen LogP contribution in [0.5, 0.6) is 11.5 Å². The minimum atomic E-state index is -0.544. The third-order valence-corrected chi connectivity index (χ3v) is 4.61. The molecule has 1 amide bonds. The quantitative estimate of drug-likeness (QED) is 0.741. The van der Waals surface area contributed by atoms with E-state index in [0.717, 1.165) is 11.3 Å². The number of aromatic amines is 1. The van der Waals surface area contributed by atoms with Crippen molar-refractivity contribution >= 4 is 11.6 Å². The van der Waals surface area contributed by atoms with Crippen molar-refractivity contribution in [2.24, 2.45) is 5.92 Å². The van der Waals surface area contributed by atoms with Crippen molar-refractivity contribution < 1.29 is 18.7 Å². The van der Waals surface area contributed by atoms with Crippen LogP contribution in [0.15, 0.2) is 48.8 Å². The predicted molar refractivity (Wildman–Crippen MR) is 98.3 cm³/mol. The number of fused-ring (bicyclic) bond motifs is 1. The van der Waals surface area contributed by atoms with E-state index < -0.39 is 5.82 Å². The van der Waals surface area contributed by atoms with Gasteiger partial charge in [-0.1, -0.05) is 18.2 Å². The second kappa shape index (κ2) is 7.11. The lowest BCUT2D eigenvalue weighted by Gasteiger charge is -2.24. The molecule has 0 saturated carbocycles. The first-order chi connectivity index (χ1) is 13.2. The first-order valence-electron chi connectivity index (χ1n) is 8.54. The van der Waals surface area contributed by atoms with Crippen LogP contribution in [0.2, 0.25) is 0 Å². The van der Waals surface area contributed by atoms with Crippen LogP contribution in [0.25, 0.3) is 11.1 Å². The fourth-order valence-corrected chi connectivity index (χ4v) is 3.17. The van der Waals surface area contributed by atoms with Crippen LogP contribution in [-0.2, 0) is 11.2 Å². The number of aromatic nitrogens is 2. The summed E-state index contributed by atoms with van der Waals surface area (Å²) in [6.45, 7) is 0.259. The molecule has 0 saturated heterocycles. The van der Waals surface area contributed by atoms with Crippen LogP contribution < -0.4 is 14.8 Å². The fraction of sp³-hybridized carbons (Fsp3) is 0.200. The number of amides is 1. The zero-order valence-corrected chi connectivity index (χ0v) is 14.7. The highest BCUT2D eigenvalue weighted by Gasteiger charge is 2.27. The molecule has 2 N–H and O–H groups in total. The molecular formula is C20H18FN3O3. The smallest absolute Gasteiger partial charge is 0.231 e. The van der Waals surface area contributed by atoms with Gasteiger partial charge in [-0.3, -0.25) is 9.89 Å². The van der Waals surface area contributed by atoms with Crippen molar-refractivity contribution in [2.45, 2.75) is 6.42 Å². The molecule has 0 aliphatic carbocycles. The number of rotatable bonds is 4. The minimum Gasteiger partial charge on any atom is -0.496 e. The van der Waals surface area contributed by atoms with Crippen molar-refractivity contribution in [3.63, 3.8) is 0 Å². The summed E-state index contributed by atoms with van der Waals surface area (Å²) < 4.78 is 25.6. The Kier molecular flexibility index (Phi) is 4.50. The number of H-pyrrole nitrogens is 1. The van der Waals surface area contributed by atoms with Gasteiger partial charge < -0.3 is 14.8 Å². The van der Waals surface area contributed by atoms with Crippen LogP contribution >= 0.6 is 0 Å². The largest absolute Gasteiger partial charge is 0.496 e. The van der Waals surface area contributed by atoms with Crippen molar-refractivity contribution in [2.75, 3.05) is 19.0 Å². The molecule has 27 heavy (non-hydrogen) atoms. The second-order valence-corrected chi connectivity index (χ2v) is 6.33. The summed E-state index contributed by atoms with van der Waals surface area (Å²) in [6, 6.07) is 10.4. The van der Waals surface area contributed by atoms with Gasteiger partial charge in [0.1, 0.15) is 23.9 Å². The Morgan fingerprint density at radius 1 is 1.37 bits per heavy atom. The van der Waals surface area contributed by atoms with Crippen molar-refractivity contribution in [3.8, 4) is 22.6 Å². The van der Waals surface area contributed by atoms with E-state index in [4.69, 9.17) is 9.47 Å². The Hall–Kier alpha value is -3.35. The number of hydrogen-bond acceptors (Lipinski definition) is 4. The van der Waals surface area contributed by atoms with Gasteiger partial charge in [-0.25, -0.2) is 4.39 Å². The SMILES string of the molecule is COc1cc(NC(=O)C2COc3ccccc3C2)c(F)cc1-c1cn[nH]c1. The van der Waals surface area contributed by atoms with Gasteiger partial charge in [0.15, 0.2) is 0 Å². The van der Waals surface area contributed by atoms with Crippen molar-refractivity contribution in [1.29, 1.82) is 0 Å². The topological polar surface area (TPSA) is 76.2 Å². The van der Waals surface area contributed by atoms with Gasteiger partial charge in [0.25, 0.3) is 0 Å². The van der Waals surface area contributed by atoms with Gasteiger partial charge in [-0.05, 0) is 24.1 Å². The first-order valence-corrected chi connectivity index (χ1v) is 8.54. The predicted octanol–water partition coefficient (Wildman–Crippen LogP) is 3.41. The summed E-state index contributed by atoms with van der Waals surface area (Å²) in [7, 11) is 1.49. The number of para-hydroxylation sites is 1. The fourth-order valence-electron chi connectivity index (χ4n) is 3.17. The Morgan fingerprint density at radius 2 is 2.22 bits per heavy atom. The summed E-state index contributed by atoms with van der Waals surface area (Å²) in [4.78, 5) is 12.6. The molecule has 1 unspecified atom stereocenters. The van der Waals surface area contributed by atoms with Gasteiger partial charge in [-0.15, -0.1) is 0 Å². The van der Waals surface area contributed by atoms with Crippen molar-refractivity contribution in [1.82, 2.24) is 10.2 Å². The molecule has 2 heterocycles. The Morgan fingerprint density at radius 3 is 3.00 bits per heavy atom. The number of carbonyl (C=O) groups is 1. The van der Waals surface area contributed by atoms with E-state index in [2.05, 4.69) is 15.5 Å². The number of halogens is 1. The highest BCUT2D eigenvalue weighted by atomic mass is 19.1. The van der Waals surface area contributed by atoms with Gasteiger partial charge in [-0.2, -0.15) is 5.10 Å². The lowest BCUT2D eigenvalue weighted by Crippen LogP contribution is -2.32. The molecule has 7 heteroatoms. The number of nitrogens with one attached hydrogen (secondary N) is 2.